The number of halogens is 1. The van der Waals surface area contributed by atoms with Gasteiger partial charge in [0.2, 0.25) is 10.0 Å². The summed E-state index contributed by atoms with van der Waals surface area (Å²) in [6, 6.07) is 0.719. The third kappa shape index (κ3) is 3.42. The molecule has 1 rings (SSSR count). The second-order valence-electron chi connectivity index (χ2n) is 4.60. The standard InChI is InChI=1S/C10H21BrN2O2S/c1-9(2)13-6-4-10(5-7-13)12(3)16(14,15)8-11/h9-10H,4-8H2,1-3H3. The van der Waals surface area contributed by atoms with E-state index >= 15 is 0 Å². The minimum atomic E-state index is -3.10. The number of likely N-dealkylation sites (tertiary alicyclic amines) is 1. The van der Waals surface area contributed by atoms with E-state index in [1.54, 1.807) is 7.05 Å². The molecule has 4 nitrogen and oxygen atoms in total. The second kappa shape index (κ2) is 5.80. The molecule has 0 N–H and O–H groups in total. The Bertz CT molecular complexity index is 311. The fourth-order valence-electron chi connectivity index (χ4n) is 2.07. The van der Waals surface area contributed by atoms with Crippen LogP contribution < -0.4 is 0 Å². The van der Waals surface area contributed by atoms with Gasteiger partial charge in [0, 0.05) is 19.1 Å². The number of piperidine rings is 1. The van der Waals surface area contributed by atoms with Gasteiger partial charge in [0.05, 0.1) is 0 Å². The molecule has 0 bridgehead atoms. The largest absolute Gasteiger partial charge is 0.301 e. The number of sulfonamides is 1. The molecule has 1 heterocycles. The van der Waals surface area contributed by atoms with Crippen LogP contribution in [0.4, 0.5) is 0 Å². The molecule has 0 atom stereocenters. The van der Waals surface area contributed by atoms with Gasteiger partial charge in [-0.15, -0.1) is 0 Å². The first-order valence-electron chi connectivity index (χ1n) is 5.64. The minimum Gasteiger partial charge on any atom is -0.301 e. The van der Waals surface area contributed by atoms with Crippen molar-refractivity contribution in [1.29, 1.82) is 0 Å². The molecule has 1 aliphatic rings. The number of alkyl halides is 1. The Balaban J connectivity index is 2.54. The lowest BCUT2D eigenvalue weighted by atomic mass is 10.0. The maximum absolute atomic E-state index is 11.7. The van der Waals surface area contributed by atoms with Gasteiger partial charge in [0.1, 0.15) is 4.66 Å². The van der Waals surface area contributed by atoms with Crippen LogP contribution in [0.25, 0.3) is 0 Å². The predicted molar refractivity (Wildman–Crippen MR) is 70.2 cm³/mol. The van der Waals surface area contributed by atoms with Crippen molar-refractivity contribution < 1.29 is 8.42 Å². The van der Waals surface area contributed by atoms with Crippen molar-refractivity contribution in [3.63, 3.8) is 0 Å². The molecule has 0 spiro atoms. The molecule has 1 saturated heterocycles. The molecule has 0 aromatic rings. The third-order valence-electron chi connectivity index (χ3n) is 3.32. The molecule has 0 aromatic carbocycles. The maximum atomic E-state index is 11.7. The molecule has 6 heteroatoms. The van der Waals surface area contributed by atoms with Crippen LogP contribution in [0.3, 0.4) is 0 Å². The van der Waals surface area contributed by atoms with Crippen LogP contribution in [0.2, 0.25) is 0 Å². The van der Waals surface area contributed by atoms with E-state index in [1.807, 2.05) is 0 Å². The molecule has 1 fully saturated rings. The van der Waals surface area contributed by atoms with E-state index in [-0.39, 0.29) is 10.7 Å². The highest BCUT2D eigenvalue weighted by Gasteiger charge is 2.29. The first-order chi connectivity index (χ1) is 7.38. The molecule has 0 radical (unpaired) electrons. The van der Waals surface area contributed by atoms with Crippen molar-refractivity contribution in [3.8, 4) is 0 Å². The van der Waals surface area contributed by atoms with Gasteiger partial charge in [0.25, 0.3) is 0 Å². The highest BCUT2D eigenvalue weighted by Crippen LogP contribution is 2.20. The molecule has 0 aromatic heterocycles. The van der Waals surface area contributed by atoms with Crippen LogP contribution in [0.5, 0.6) is 0 Å². The normalized spacial score (nSPS) is 20.9. The van der Waals surface area contributed by atoms with E-state index < -0.39 is 10.0 Å². The fraction of sp³-hybridized carbons (Fsp3) is 1.00. The van der Waals surface area contributed by atoms with Gasteiger partial charge >= 0.3 is 0 Å². The molecule has 0 aliphatic carbocycles. The summed E-state index contributed by atoms with van der Waals surface area (Å²) < 4.78 is 24.9. The van der Waals surface area contributed by atoms with Crippen LogP contribution in [-0.2, 0) is 10.0 Å². The highest BCUT2D eigenvalue weighted by atomic mass is 79.9. The van der Waals surface area contributed by atoms with Gasteiger partial charge in [-0.2, -0.15) is 0 Å². The van der Waals surface area contributed by atoms with Crippen molar-refractivity contribution in [2.24, 2.45) is 0 Å². The number of nitrogens with zero attached hydrogens (tertiary/aromatic N) is 2. The van der Waals surface area contributed by atoms with Crippen LogP contribution in [-0.4, -0.2) is 54.5 Å². The summed E-state index contributed by atoms with van der Waals surface area (Å²) in [6.07, 6.45) is 1.86. The molecule has 16 heavy (non-hydrogen) atoms. The fourth-order valence-corrected chi connectivity index (χ4v) is 3.86. The van der Waals surface area contributed by atoms with Crippen LogP contribution >= 0.6 is 15.9 Å². The molecule has 0 saturated carbocycles. The molecule has 0 amide bonds. The smallest absolute Gasteiger partial charge is 0.224 e. The summed E-state index contributed by atoms with van der Waals surface area (Å²) in [5, 5.41) is 0. The minimum absolute atomic E-state index is 0.0148. The van der Waals surface area contributed by atoms with Crippen molar-refractivity contribution in [2.75, 3.05) is 24.8 Å². The Morgan fingerprint density at radius 3 is 2.25 bits per heavy atom. The van der Waals surface area contributed by atoms with E-state index in [1.165, 1.54) is 4.31 Å². The predicted octanol–water partition coefficient (Wildman–Crippen LogP) is 1.47. The zero-order valence-electron chi connectivity index (χ0n) is 10.2. The molecule has 1 aliphatic heterocycles. The number of rotatable bonds is 4. The first-order valence-corrected chi connectivity index (χ1v) is 8.37. The molecular weight excluding hydrogens is 292 g/mol. The van der Waals surface area contributed by atoms with E-state index in [0.717, 1.165) is 25.9 Å². The van der Waals surface area contributed by atoms with Gasteiger partial charge < -0.3 is 4.90 Å². The Morgan fingerprint density at radius 1 is 1.38 bits per heavy atom. The lowest BCUT2D eigenvalue weighted by Crippen LogP contribution is -2.47. The topological polar surface area (TPSA) is 40.6 Å². The molecular formula is C10H21BrN2O2S. The maximum Gasteiger partial charge on any atom is 0.224 e. The van der Waals surface area contributed by atoms with Gasteiger partial charge in [-0.3, -0.25) is 0 Å². The molecule has 0 unspecified atom stereocenters. The Labute approximate surface area is 107 Å². The van der Waals surface area contributed by atoms with E-state index in [4.69, 9.17) is 0 Å². The second-order valence-corrected chi connectivity index (χ2v) is 7.93. The van der Waals surface area contributed by atoms with E-state index in [9.17, 15) is 8.42 Å². The first kappa shape index (κ1) is 14.4. The van der Waals surface area contributed by atoms with Crippen LogP contribution in [0, 0.1) is 0 Å². The van der Waals surface area contributed by atoms with Gasteiger partial charge in [-0.1, -0.05) is 15.9 Å². The number of hydrogen-bond acceptors (Lipinski definition) is 3. The van der Waals surface area contributed by atoms with Gasteiger partial charge in [-0.25, -0.2) is 12.7 Å². The summed E-state index contributed by atoms with van der Waals surface area (Å²) in [5.41, 5.74) is 0. The average molecular weight is 313 g/mol. The highest BCUT2D eigenvalue weighted by molar-refractivity contribution is 9.10. The van der Waals surface area contributed by atoms with Crippen LogP contribution in [0.1, 0.15) is 26.7 Å². The van der Waals surface area contributed by atoms with Gasteiger partial charge in [-0.05, 0) is 39.8 Å². The van der Waals surface area contributed by atoms with Crippen molar-refractivity contribution in [3.05, 3.63) is 0 Å². The number of hydrogen-bond donors (Lipinski definition) is 0. The van der Waals surface area contributed by atoms with Crippen LogP contribution in [0.15, 0.2) is 0 Å². The van der Waals surface area contributed by atoms with Gasteiger partial charge in [0.15, 0.2) is 0 Å². The summed E-state index contributed by atoms with van der Waals surface area (Å²) in [5.74, 6) is 0. The van der Waals surface area contributed by atoms with E-state index in [0.29, 0.717) is 6.04 Å². The van der Waals surface area contributed by atoms with E-state index in [2.05, 4.69) is 34.7 Å². The SMILES string of the molecule is CC(C)N1CCC(N(C)S(=O)(=O)CBr)CC1. The summed E-state index contributed by atoms with van der Waals surface area (Å²) in [6.45, 7) is 6.34. The lowest BCUT2D eigenvalue weighted by Gasteiger charge is -2.37. The Hall–Kier alpha value is 0.350. The summed E-state index contributed by atoms with van der Waals surface area (Å²) in [4.78, 5) is 2.39. The van der Waals surface area contributed by atoms with Crippen molar-refractivity contribution in [1.82, 2.24) is 9.21 Å². The Morgan fingerprint density at radius 2 is 1.88 bits per heavy atom. The summed E-state index contributed by atoms with van der Waals surface area (Å²) in [7, 11) is -1.42. The monoisotopic (exact) mass is 312 g/mol. The van der Waals surface area contributed by atoms with Crippen molar-refractivity contribution >= 4 is 26.0 Å². The summed E-state index contributed by atoms with van der Waals surface area (Å²) >= 11 is 3.03. The molecule has 96 valence electrons. The average Bonchev–Trinajstić information content (AvgIpc) is 2.28. The van der Waals surface area contributed by atoms with Crippen molar-refractivity contribution in [2.45, 2.75) is 38.8 Å². The zero-order valence-corrected chi connectivity index (χ0v) is 12.6. The quantitative estimate of drug-likeness (QED) is 0.738. The lowest BCUT2D eigenvalue weighted by molar-refractivity contribution is 0.140. The Kier molecular flexibility index (Phi) is 5.22. The third-order valence-corrected chi connectivity index (χ3v) is 6.51. The zero-order chi connectivity index (χ0) is 12.3.